The number of nitrogens with one attached hydrogen (secondary N) is 1. The van der Waals surface area contributed by atoms with Crippen LogP contribution in [0.5, 0.6) is 0 Å². The number of aryl methyl sites for hydroxylation is 1. The van der Waals surface area contributed by atoms with Gasteiger partial charge in [-0.3, -0.25) is 4.79 Å². The van der Waals surface area contributed by atoms with Crippen molar-refractivity contribution >= 4 is 27.6 Å². The van der Waals surface area contributed by atoms with Crippen LogP contribution in [0.1, 0.15) is 21.5 Å². The van der Waals surface area contributed by atoms with Gasteiger partial charge in [-0.2, -0.15) is 4.31 Å². The zero-order valence-electron chi connectivity index (χ0n) is 17.2. The number of morpholine rings is 1. The van der Waals surface area contributed by atoms with Crippen molar-refractivity contribution in [2.45, 2.75) is 18.7 Å². The summed E-state index contributed by atoms with van der Waals surface area (Å²) in [5.74, 6) is -2.46. The van der Waals surface area contributed by atoms with Gasteiger partial charge in [-0.25, -0.2) is 17.6 Å². The summed E-state index contributed by atoms with van der Waals surface area (Å²) in [6.45, 7) is 3.78. The number of esters is 1. The first-order chi connectivity index (χ1) is 14.7. The van der Waals surface area contributed by atoms with Gasteiger partial charge in [0.15, 0.2) is 6.61 Å². The van der Waals surface area contributed by atoms with Gasteiger partial charge in [0.05, 0.1) is 18.8 Å². The van der Waals surface area contributed by atoms with E-state index in [0.29, 0.717) is 5.69 Å². The normalized spacial score (nSPS) is 14.8. The summed E-state index contributed by atoms with van der Waals surface area (Å²) in [6, 6.07) is 8.34. The lowest BCUT2D eigenvalue weighted by Gasteiger charge is -2.26. The molecule has 2 aromatic carbocycles. The molecule has 0 saturated carbocycles. The molecule has 0 aliphatic carbocycles. The van der Waals surface area contributed by atoms with Crippen LogP contribution >= 0.6 is 0 Å². The first kappa shape index (κ1) is 22.9. The molecule has 0 aromatic heterocycles. The van der Waals surface area contributed by atoms with E-state index in [1.807, 2.05) is 19.9 Å². The summed E-state index contributed by atoms with van der Waals surface area (Å²) in [5.41, 5.74) is 2.31. The number of ether oxygens (including phenoxy) is 2. The molecule has 1 amide bonds. The fourth-order valence-electron chi connectivity index (χ4n) is 3.04. The van der Waals surface area contributed by atoms with Gasteiger partial charge < -0.3 is 14.8 Å². The zero-order valence-corrected chi connectivity index (χ0v) is 18.0. The van der Waals surface area contributed by atoms with Crippen LogP contribution in [-0.2, 0) is 24.3 Å². The molecular formula is C21H23FN2O6S. The molecule has 0 bridgehead atoms. The van der Waals surface area contributed by atoms with E-state index in [4.69, 9.17) is 9.47 Å². The smallest absolute Gasteiger partial charge is 0.338 e. The lowest BCUT2D eigenvalue weighted by molar-refractivity contribution is -0.119. The molecule has 1 saturated heterocycles. The molecule has 8 nitrogen and oxygen atoms in total. The molecule has 10 heteroatoms. The van der Waals surface area contributed by atoms with E-state index in [9.17, 15) is 22.4 Å². The maximum atomic E-state index is 14.3. The molecular weight excluding hydrogens is 427 g/mol. The fourth-order valence-corrected chi connectivity index (χ4v) is 4.54. The third kappa shape index (κ3) is 5.27. The number of benzene rings is 2. The Morgan fingerprint density at radius 1 is 1.16 bits per heavy atom. The lowest BCUT2D eigenvalue weighted by Crippen LogP contribution is -2.41. The Balaban J connectivity index is 1.69. The second-order valence-electron chi connectivity index (χ2n) is 7.03. The minimum Gasteiger partial charge on any atom is -0.452 e. The third-order valence-corrected chi connectivity index (χ3v) is 6.88. The Morgan fingerprint density at radius 3 is 2.58 bits per heavy atom. The molecule has 1 N–H and O–H groups in total. The summed E-state index contributed by atoms with van der Waals surface area (Å²) in [5, 5.41) is 2.66. The van der Waals surface area contributed by atoms with Crippen LogP contribution in [0.3, 0.4) is 0 Å². The molecule has 2 aromatic rings. The number of hydrogen-bond donors (Lipinski definition) is 1. The highest BCUT2D eigenvalue weighted by molar-refractivity contribution is 7.89. The zero-order chi connectivity index (χ0) is 22.6. The second kappa shape index (κ2) is 9.54. The van der Waals surface area contributed by atoms with E-state index < -0.39 is 39.2 Å². The van der Waals surface area contributed by atoms with E-state index in [1.54, 1.807) is 12.1 Å². The highest BCUT2D eigenvalue weighted by atomic mass is 32.2. The third-order valence-electron chi connectivity index (χ3n) is 4.97. The van der Waals surface area contributed by atoms with Gasteiger partial charge in [0.2, 0.25) is 10.0 Å². The van der Waals surface area contributed by atoms with Gasteiger partial charge in [0, 0.05) is 18.8 Å². The molecule has 1 aliphatic heterocycles. The minimum absolute atomic E-state index is 0.0923. The molecule has 0 radical (unpaired) electrons. The number of nitrogens with zero attached hydrogens (tertiary/aromatic N) is 1. The summed E-state index contributed by atoms with van der Waals surface area (Å²) in [6.07, 6.45) is 0. The van der Waals surface area contributed by atoms with Gasteiger partial charge >= 0.3 is 5.97 Å². The first-order valence-corrected chi connectivity index (χ1v) is 11.0. The van der Waals surface area contributed by atoms with Crippen LogP contribution < -0.4 is 5.32 Å². The monoisotopic (exact) mass is 450 g/mol. The van der Waals surface area contributed by atoms with E-state index in [-0.39, 0.29) is 31.9 Å². The van der Waals surface area contributed by atoms with Gasteiger partial charge in [-0.15, -0.1) is 0 Å². The summed E-state index contributed by atoms with van der Waals surface area (Å²) >= 11 is 0. The van der Waals surface area contributed by atoms with Crippen molar-refractivity contribution in [1.29, 1.82) is 0 Å². The molecule has 0 atom stereocenters. The van der Waals surface area contributed by atoms with Gasteiger partial charge in [-0.05, 0) is 49.2 Å². The minimum atomic E-state index is -4.14. The van der Waals surface area contributed by atoms with Crippen LogP contribution in [0.25, 0.3) is 0 Å². The van der Waals surface area contributed by atoms with Crippen molar-refractivity contribution < 1.29 is 31.9 Å². The van der Waals surface area contributed by atoms with Crippen molar-refractivity contribution in [3.8, 4) is 0 Å². The van der Waals surface area contributed by atoms with Gasteiger partial charge in [0.1, 0.15) is 10.7 Å². The molecule has 166 valence electrons. The number of rotatable bonds is 6. The number of amides is 1. The van der Waals surface area contributed by atoms with Crippen LogP contribution in [0.15, 0.2) is 41.3 Å². The van der Waals surface area contributed by atoms with E-state index in [1.165, 1.54) is 0 Å². The van der Waals surface area contributed by atoms with Crippen LogP contribution in [-0.4, -0.2) is 57.5 Å². The molecule has 1 fully saturated rings. The molecule has 1 aliphatic rings. The summed E-state index contributed by atoms with van der Waals surface area (Å²) < 4.78 is 50.9. The standard InChI is InChI=1S/C21H23FN2O6S/c1-14-4-3-5-18(15(14)2)23-20(25)13-30-21(26)16-6-7-17(22)19(12-16)31(27,28)24-8-10-29-11-9-24/h3-7,12H,8-11,13H2,1-2H3,(H,23,25). The predicted octanol–water partition coefficient (Wildman–Crippen LogP) is 2.26. The fraction of sp³-hybridized carbons (Fsp3) is 0.333. The number of carbonyl (C=O) groups is 2. The number of halogens is 1. The predicted molar refractivity (Wildman–Crippen MR) is 111 cm³/mol. The SMILES string of the molecule is Cc1cccc(NC(=O)COC(=O)c2ccc(F)c(S(=O)(=O)N3CCOCC3)c2)c1C. The second-order valence-corrected chi connectivity index (χ2v) is 8.94. The Kier molecular flexibility index (Phi) is 7.04. The van der Waals surface area contributed by atoms with Gasteiger partial charge in [-0.1, -0.05) is 12.1 Å². The molecule has 0 unspecified atom stereocenters. The lowest BCUT2D eigenvalue weighted by atomic mass is 10.1. The summed E-state index contributed by atoms with van der Waals surface area (Å²) in [7, 11) is -4.14. The molecule has 0 spiro atoms. The first-order valence-electron chi connectivity index (χ1n) is 9.61. The maximum Gasteiger partial charge on any atom is 0.338 e. The maximum absolute atomic E-state index is 14.3. The average Bonchev–Trinajstić information content (AvgIpc) is 2.76. The number of anilines is 1. The quantitative estimate of drug-likeness (QED) is 0.678. The van der Waals surface area contributed by atoms with Crippen molar-refractivity contribution in [3.63, 3.8) is 0 Å². The largest absolute Gasteiger partial charge is 0.452 e. The Bertz CT molecular complexity index is 1100. The van der Waals surface area contributed by atoms with E-state index in [0.717, 1.165) is 33.6 Å². The number of hydrogen-bond acceptors (Lipinski definition) is 6. The van der Waals surface area contributed by atoms with E-state index >= 15 is 0 Å². The topological polar surface area (TPSA) is 102 Å². The van der Waals surface area contributed by atoms with Crippen LogP contribution in [0, 0.1) is 19.7 Å². The summed E-state index contributed by atoms with van der Waals surface area (Å²) in [4.78, 5) is 23.9. The number of carbonyl (C=O) groups excluding carboxylic acids is 2. The Labute approximate surface area is 180 Å². The highest BCUT2D eigenvalue weighted by Gasteiger charge is 2.30. The van der Waals surface area contributed by atoms with Crippen molar-refractivity contribution in [2.75, 3.05) is 38.2 Å². The van der Waals surface area contributed by atoms with Crippen LogP contribution in [0.2, 0.25) is 0 Å². The number of sulfonamides is 1. The average molecular weight is 450 g/mol. The highest BCUT2D eigenvalue weighted by Crippen LogP contribution is 2.22. The Morgan fingerprint density at radius 2 is 1.87 bits per heavy atom. The molecule has 3 rings (SSSR count). The van der Waals surface area contributed by atoms with E-state index in [2.05, 4.69) is 5.32 Å². The van der Waals surface area contributed by atoms with Gasteiger partial charge in [0.25, 0.3) is 5.91 Å². The Hall–Kier alpha value is -2.82. The van der Waals surface area contributed by atoms with Crippen molar-refractivity contribution in [2.24, 2.45) is 0 Å². The molecule has 31 heavy (non-hydrogen) atoms. The molecule has 1 heterocycles. The van der Waals surface area contributed by atoms with Crippen LogP contribution in [0.4, 0.5) is 10.1 Å². The van der Waals surface area contributed by atoms with Crippen molar-refractivity contribution in [1.82, 2.24) is 4.31 Å². The van der Waals surface area contributed by atoms with Crippen molar-refractivity contribution in [3.05, 3.63) is 58.9 Å².